The number of hydrogen-bond acceptors (Lipinski definition) is 4. The molecule has 1 aliphatic heterocycles. The second-order valence-electron chi connectivity index (χ2n) is 5.00. The van der Waals surface area contributed by atoms with E-state index >= 15 is 0 Å². The highest BCUT2D eigenvalue weighted by Crippen LogP contribution is 2.17. The Bertz CT molecular complexity index is 224. The Hall–Kier alpha value is -0.450. The molecule has 0 saturated carbocycles. The zero-order valence-electron chi connectivity index (χ0n) is 11.4. The number of carbonyl (C=O) groups excluding carboxylic acids is 1. The highest BCUT2D eigenvalue weighted by molar-refractivity contribution is 5.78. The van der Waals surface area contributed by atoms with Gasteiger partial charge < -0.3 is 14.6 Å². The van der Waals surface area contributed by atoms with Crippen LogP contribution in [0.4, 0.5) is 0 Å². The van der Waals surface area contributed by atoms with Gasteiger partial charge in [0.2, 0.25) is 0 Å². The first-order chi connectivity index (χ1) is 8.72. The molecular weight excluding hydrogens is 232 g/mol. The van der Waals surface area contributed by atoms with Crippen LogP contribution in [-0.2, 0) is 14.3 Å². The topological polar surface area (TPSA) is 55.8 Å². The largest absolute Gasteiger partial charge is 0.396 e. The van der Waals surface area contributed by atoms with E-state index in [1.807, 2.05) is 6.92 Å². The van der Waals surface area contributed by atoms with Crippen molar-refractivity contribution < 1.29 is 19.4 Å². The third kappa shape index (κ3) is 7.09. The lowest BCUT2D eigenvalue weighted by Crippen LogP contribution is -2.26. The van der Waals surface area contributed by atoms with Crippen LogP contribution in [0.2, 0.25) is 0 Å². The van der Waals surface area contributed by atoms with Crippen LogP contribution in [0.15, 0.2) is 0 Å². The van der Waals surface area contributed by atoms with Crippen LogP contribution in [0, 0.1) is 0 Å². The molecule has 4 heteroatoms. The van der Waals surface area contributed by atoms with Gasteiger partial charge in [0, 0.05) is 26.1 Å². The summed E-state index contributed by atoms with van der Waals surface area (Å²) in [4.78, 5) is 11.4. The van der Waals surface area contributed by atoms with Gasteiger partial charge in [0.15, 0.2) is 6.29 Å². The van der Waals surface area contributed by atoms with Crippen molar-refractivity contribution in [1.82, 2.24) is 0 Å². The minimum atomic E-state index is -0.0427. The standard InChI is InChI=1S/C14H26O4/c1-12(18-14-9-2-3-11-17-14)6-4-7-13(16)8-5-10-15/h12,14-15H,2-11H2,1H3/t12-,14?/m0/s1. The molecule has 1 rings (SSSR count). The molecule has 1 unspecified atom stereocenters. The number of aliphatic hydroxyl groups excluding tert-OH is 1. The molecule has 0 aliphatic carbocycles. The van der Waals surface area contributed by atoms with Crippen molar-refractivity contribution in [1.29, 1.82) is 0 Å². The molecule has 0 aromatic heterocycles. The summed E-state index contributed by atoms with van der Waals surface area (Å²) in [7, 11) is 0. The molecule has 1 heterocycles. The average Bonchev–Trinajstić information content (AvgIpc) is 2.37. The fraction of sp³-hybridized carbons (Fsp3) is 0.929. The average molecular weight is 258 g/mol. The summed E-state index contributed by atoms with van der Waals surface area (Å²) in [6.07, 6.45) is 6.84. The van der Waals surface area contributed by atoms with Gasteiger partial charge in [0.05, 0.1) is 6.10 Å². The maximum absolute atomic E-state index is 11.4. The van der Waals surface area contributed by atoms with Crippen molar-refractivity contribution in [3.63, 3.8) is 0 Å². The zero-order chi connectivity index (χ0) is 13.2. The first-order valence-corrected chi connectivity index (χ1v) is 7.12. The Morgan fingerprint density at radius 1 is 1.39 bits per heavy atom. The van der Waals surface area contributed by atoms with E-state index in [-0.39, 0.29) is 24.8 Å². The van der Waals surface area contributed by atoms with E-state index in [2.05, 4.69) is 0 Å². The Balaban J connectivity index is 2.01. The van der Waals surface area contributed by atoms with Crippen LogP contribution in [-0.4, -0.2) is 36.5 Å². The van der Waals surface area contributed by atoms with Gasteiger partial charge in [-0.05, 0) is 45.4 Å². The van der Waals surface area contributed by atoms with Crippen molar-refractivity contribution in [2.45, 2.75) is 70.7 Å². The van der Waals surface area contributed by atoms with Crippen LogP contribution < -0.4 is 0 Å². The van der Waals surface area contributed by atoms with E-state index in [9.17, 15) is 4.79 Å². The summed E-state index contributed by atoms with van der Waals surface area (Å²) in [6, 6.07) is 0. The van der Waals surface area contributed by atoms with Crippen LogP contribution in [0.3, 0.4) is 0 Å². The van der Waals surface area contributed by atoms with Gasteiger partial charge in [-0.1, -0.05) is 0 Å². The molecule has 106 valence electrons. The van der Waals surface area contributed by atoms with Crippen molar-refractivity contribution in [3.05, 3.63) is 0 Å². The normalized spacial score (nSPS) is 21.8. The van der Waals surface area contributed by atoms with Gasteiger partial charge in [0.1, 0.15) is 5.78 Å². The summed E-state index contributed by atoms with van der Waals surface area (Å²) in [5.41, 5.74) is 0. The lowest BCUT2D eigenvalue weighted by Gasteiger charge is -2.26. The van der Waals surface area contributed by atoms with Crippen LogP contribution in [0.1, 0.15) is 58.3 Å². The molecule has 0 aromatic carbocycles. The van der Waals surface area contributed by atoms with Gasteiger partial charge in [-0.25, -0.2) is 0 Å². The van der Waals surface area contributed by atoms with E-state index < -0.39 is 0 Å². The smallest absolute Gasteiger partial charge is 0.157 e. The van der Waals surface area contributed by atoms with E-state index in [1.54, 1.807) is 0 Å². The van der Waals surface area contributed by atoms with E-state index in [1.165, 1.54) is 6.42 Å². The fourth-order valence-corrected chi connectivity index (χ4v) is 2.13. The summed E-state index contributed by atoms with van der Waals surface area (Å²) >= 11 is 0. The van der Waals surface area contributed by atoms with E-state index in [4.69, 9.17) is 14.6 Å². The Labute approximate surface area is 110 Å². The molecule has 0 bridgehead atoms. The van der Waals surface area contributed by atoms with Crippen LogP contribution in [0.25, 0.3) is 0 Å². The first kappa shape index (κ1) is 15.6. The van der Waals surface area contributed by atoms with Crippen molar-refractivity contribution in [3.8, 4) is 0 Å². The number of rotatable bonds is 9. The predicted molar refractivity (Wildman–Crippen MR) is 69.3 cm³/mol. The number of aliphatic hydroxyl groups is 1. The van der Waals surface area contributed by atoms with Gasteiger partial charge >= 0.3 is 0 Å². The number of ketones is 1. The Morgan fingerprint density at radius 2 is 2.17 bits per heavy atom. The molecule has 0 spiro atoms. The van der Waals surface area contributed by atoms with Crippen molar-refractivity contribution in [2.24, 2.45) is 0 Å². The lowest BCUT2D eigenvalue weighted by molar-refractivity contribution is -0.185. The molecule has 1 fully saturated rings. The number of hydrogen-bond donors (Lipinski definition) is 1. The van der Waals surface area contributed by atoms with Crippen LogP contribution in [0.5, 0.6) is 0 Å². The highest BCUT2D eigenvalue weighted by atomic mass is 16.7. The van der Waals surface area contributed by atoms with Crippen LogP contribution >= 0.6 is 0 Å². The summed E-state index contributed by atoms with van der Waals surface area (Å²) in [5, 5.41) is 8.62. The first-order valence-electron chi connectivity index (χ1n) is 7.12. The monoisotopic (exact) mass is 258 g/mol. The molecule has 1 saturated heterocycles. The molecule has 0 radical (unpaired) electrons. The molecule has 4 nitrogen and oxygen atoms in total. The number of ether oxygens (including phenoxy) is 2. The summed E-state index contributed by atoms with van der Waals surface area (Å²) in [6.45, 7) is 2.94. The van der Waals surface area contributed by atoms with Crippen molar-refractivity contribution >= 4 is 5.78 Å². The minimum absolute atomic E-state index is 0.0427. The van der Waals surface area contributed by atoms with Gasteiger partial charge in [-0.2, -0.15) is 0 Å². The van der Waals surface area contributed by atoms with E-state index in [0.717, 1.165) is 32.3 Å². The quantitative estimate of drug-likeness (QED) is 0.690. The maximum Gasteiger partial charge on any atom is 0.157 e. The predicted octanol–water partition coefficient (Wildman–Crippen LogP) is 2.43. The van der Waals surface area contributed by atoms with Crippen molar-refractivity contribution in [2.75, 3.05) is 13.2 Å². The summed E-state index contributed by atoms with van der Waals surface area (Å²) < 4.78 is 11.3. The van der Waals surface area contributed by atoms with Gasteiger partial charge in [-0.15, -0.1) is 0 Å². The number of Topliss-reactive ketones (excluding diaryl/α,β-unsaturated/α-hetero) is 1. The SMILES string of the molecule is C[C@@H](CCCC(=O)CCCO)OC1CCCCO1. The summed E-state index contributed by atoms with van der Waals surface area (Å²) in [5.74, 6) is 0.241. The fourth-order valence-electron chi connectivity index (χ4n) is 2.13. The van der Waals surface area contributed by atoms with Gasteiger partial charge in [-0.3, -0.25) is 4.79 Å². The third-order valence-corrected chi connectivity index (χ3v) is 3.20. The molecule has 0 amide bonds. The molecule has 1 aliphatic rings. The highest BCUT2D eigenvalue weighted by Gasteiger charge is 2.17. The Morgan fingerprint density at radius 3 is 2.83 bits per heavy atom. The van der Waals surface area contributed by atoms with E-state index in [0.29, 0.717) is 19.3 Å². The van der Waals surface area contributed by atoms with Gasteiger partial charge in [0.25, 0.3) is 0 Å². The lowest BCUT2D eigenvalue weighted by atomic mass is 10.1. The zero-order valence-corrected chi connectivity index (χ0v) is 11.4. The number of carbonyl (C=O) groups is 1. The Kier molecular flexibility index (Phi) is 8.22. The molecular formula is C14H26O4. The molecule has 18 heavy (non-hydrogen) atoms. The second-order valence-corrected chi connectivity index (χ2v) is 5.00. The minimum Gasteiger partial charge on any atom is -0.396 e. The molecule has 1 N–H and O–H groups in total. The third-order valence-electron chi connectivity index (χ3n) is 3.20. The molecule has 2 atom stereocenters. The second kappa shape index (κ2) is 9.48. The maximum atomic E-state index is 11.4. The molecule has 0 aromatic rings.